The van der Waals surface area contributed by atoms with Gasteiger partial charge in [0.05, 0.1) is 5.69 Å². The molecule has 0 saturated heterocycles. The van der Waals surface area contributed by atoms with Gasteiger partial charge in [-0.2, -0.15) is 0 Å². The average molecular weight is 755 g/mol. The van der Waals surface area contributed by atoms with Crippen molar-refractivity contribution in [2.24, 2.45) is 0 Å². The number of anilines is 5. The monoisotopic (exact) mass is 754 g/mol. The quantitative estimate of drug-likeness (QED) is 0.168. The molecule has 58 heavy (non-hydrogen) atoms. The van der Waals surface area contributed by atoms with Crippen molar-refractivity contribution in [2.45, 2.75) is 78.6 Å². The van der Waals surface area contributed by atoms with E-state index in [0.29, 0.717) is 0 Å². The average Bonchev–Trinajstić information content (AvgIpc) is 3.57. The molecule has 8 aromatic rings. The first-order valence-electron chi connectivity index (χ1n) is 20.8. The zero-order chi connectivity index (χ0) is 40.3. The maximum absolute atomic E-state index is 6.73. The number of para-hydroxylation sites is 2. The molecule has 0 amide bonds. The Morgan fingerprint density at radius 1 is 0.431 bits per heavy atom. The number of benzene rings is 7. The summed E-state index contributed by atoms with van der Waals surface area (Å²) in [7, 11) is 0. The molecule has 2 aliphatic heterocycles. The largest absolute Gasteiger partial charge is 0.456 e. The van der Waals surface area contributed by atoms with Crippen LogP contribution in [0.15, 0.2) is 150 Å². The van der Waals surface area contributed by atoms with Crippen LogP contribution in [0.5, 0.6) is 0 Å². The van der Waals surface area contributed by atoms with Gasteiger partial charge in [0, 0.05) is 44.6 Å². The van der Waals surface area contributed by atoms with E-state index in [4.69, 9.17) is 4.42 Å². The molecule has 0 spiro atoms. The third-order valence-corrected chi connectivity index (χ3v) is 12.5. The molecule has 0 radical (unpaired) electrons. The molecule has 7 aromatic carbocycles. The second kappa shape index (κ2) is 12.8. The number of fused-ring (bicyclic) bond motifs is 7. The predicted octanol–water partition coefficient (Wildman–Crippen LogP) is 13.9. The second-order valence-corrected chi connectivity index (χ2v) is 19.5. The summed E-state index contributed by atoms with van der Waals surface area (Å²) in [5, 5.41) is 2.25. The molecule has 286 valence electrons. The van der Waals surface area contributed by atoms with Gasteiger partial charge in [0.25, 0.3) is 0 Å². The van der Waals surface area contributed by atoms with E-state index in [-0.39, 0.29) is 23.1 Å². The number of hydrogen-bond donors (Lipinski definition) is 0. The second-order valence-electron chi connectivity index (χ2n) is 19.5. The number of hydrogen-bond acceptors (Lipinski definition) is 3. The molecular weight excluding hydrogens is 703 g/mol. The summed E-state index contributed by atoms with van der Waals surface area (Å²) < 4.78 is 6.73. The summed E-state index contributed by atoms with van der Waals surface area (Å²) in [6, 6.07) is 54.6. The topological polar surface area (TPSA) is 19.6 Å². The lowest BCUT2D eigenvalue weighted by Crippen LogP contribution is -2.61. The number of furan rings is 1. The first-order chi connectivity index (χ1) is 27.7. The minimum absolute atomic E-state index is 0.0209. The Labute approximate surface area is 344 Å². The summed E-state index contributed by atoms with van der Waals surface area (Å²) in [4.78, 5) is 5.18. The highest BCUT2D eigenvalue weighted by atomic mass is 16.3. The fraction of sp³-hybridized carbons (Fsp3) is 0.222. The van der Waals surface area contributed by atoms with Gasteiger partial charge in [0.2, 0.25) is 0 Å². The number of rotatable bonds is 3. The molecule has 4 heteroatoms. The lowest BCUT2D eigenvalue weighted by Gasteiger charge is -2.46. The van der Waals surface area contributed by atoms with E-state index < -0.39 is 0 Å². The van der Waals surface area contributed by atoms with Crippen molar-refractivity contribution in [1.29, 1.82) is 0 Å². The lowest BCUT2D eigenvalue weighted by molar-refractivity contribution is 0.590. The third-order valence-electron chi connectivity index (χ3n) is 12.5. The van der Waals surface area contributed by atoms with Crippen molar-refractivity contribution >= 4 is 68.1 Å². The van der Waals surface area contributed by atoms with E-state index in [1.54, 1.807) is 0 Å². The fourth-order valence-corrected chi connectivity index (χ4v) is 9.27. The van der Waals surface area contributed by atoms with Crippen molar-refractivity contribution in [3.63, 3.8) is 0 Å². The lowest BCUT2D eigenvalue weighted by atomic mass is 9.43. The molecule has 2 aliphatic rings. The van der Waals surface area contributed by atoms with Gasteiger partial charge in [-0.25, -0.2) is 0 Å². The highest BCUT2D eigenvalue weighted by Gasteiger charge is 2.46. The zero-order valence-electron chi connectivity index (χ0n) is 35.2. The van der Waals surface area contributed by atoms with Crippen molar-refractivity contribution in [2.75, 3.05) is 9.71 Å². The summed E-state index contributed by atoms with van der Waals surface area (Å²) >= 11 is 0. The van der Waals surface area contributed by atoms with Gasteiger partial charge in [-0.3, -0.25) is 0 Å². The Morgan fingerprint density at radius 2 is 1.07 bits per heavy atom. The van der Waals surface area contributed by atoms with Crippen LogP contribution in [-0.2, 0) is 16.2 Å². The normalized spacial score (nSPS) is 13.8. The Balaban J connectivity index is 1.36. The van der Waals surface area contributed by atoms with Crippen molar-refractivity contribution in [3.8, 4) is 22.3 Å². The molecule has 0 atom stereocenters. The Kier molecular flexibility index (Phi) is 7.99. The molecule has 0 aliphatic carbocycles. The first-order valence-corrected chi connectivity index (χ1v) is 20.8. The van der Waals surface area contributed by atoms with Gasteiger partial charge in [-0.1, -0.05) is 153 Å². The molecule has 0 unspecified atom stereocenters. The van der Waals surface area contributed by atoms with Crippen LogP contribution in [0.1, 0.15) is 79.0 Å². The van der Waals surface area contributed by atoms with E-state index in [0.717, 1.165) is 21.9 Å². The van der Waals surface area contributed by atoms with E-state index >= 15 is 0 Å². The van der Waals surface area contributed by atoms with Crippen molar-refractivity contribution < 1.29 is 4.42 Å². The van der Waals surface area contributed by atoms with Crippen LogP contribution in [-0.4, -0.2) is 6.85 Å². The minimum atomic E-state index is -0.118. The van der Waals surface area contributed by atoms with Gasteiger partial charge < -0.3 is 14.1 Å². The van der Waals surface area contributed by atoms with Crippen molar-refractivity contribution in [1.82, 2.24) is 0 Å². The molecular formula is C54H51BN2O. The van der Waals surface area contributed by atoms with E-state index in [1.807, 2.05) is 0 Å². The summed E-state index contributed by atoms with van der Waals surface area (Å²) in [5.74, 6) is 0. The number of nitrogens with zero attached hydrogens (tertiary/aromatic N) is 2. The predicted molar refractivity (Wildman–Crippen MR) is 249 cm³/mol. The van der Waals surface area contributed by atoms with Crippen LogP contribution < -0.4 is 20.6 Å². The van der Waals surface area contributed by atoms with E-state index in [1.165, 1.54) is 78.3 Å². The van der Waals surface area contributed by atoms with Crippen molar-refractivity contribution in [3.05, 3.63) is 162 Å². The SMILES string of the molecule is CC(C)(C)c1ccc(N2B3c4cc5oc6ccccc6c5cc4N(c4ccc(C(C)(C)C)cc4-c4ccccc4)c4cc(C(C)(C)C)cc(c43)-c3ccccc32)cc1. The molecule has 1 aromatic heterocycles. The van der Waals surface area contributed by atoms with Gasteiger partial charge in [-0.15, -0.1) is 0 Å². The van der Waals surface area contributed by atoms with Crippen LogP contribution >= 0.6 is 0 Å². The first kappa shape index (κ1) is 36.4. The summed E-state index contributed by atoms with van der Waals surface area (Å²) in [5.41, 5.74) is 19.1. The van der Waals surface area contributed by atoms with E-state index in [9.17, 15) is 0 Å². The molecule has 3 heterocycles. The van der Waals surface area contributed by atoms with E-state index in [2.05, 4.69) is 218 Å². The maximum Gasteiger partial charge on any atom is 0.333 e. The summed E-state index contributed by atoms with van der Waals surface area (Å²) in [6.07, 6.45) is 0. The van der Waals surface area contributed by atoms with Gasteiger partial charge in [-0.05, 0) is 110 Å². The van der Waals surface area contributed by atoms with Gasteiger partial charge in [0.15, 0.2) is 0 Å². The van der Waals surface area contributed by atoms with Crippen LogP contribution in [0, 0.1) is 0 Å². The third kappa shape index (κ3) is 5.71. The molecule has 3 nitrogen and oxygen atoms in total. The standard InChI is InChI=1S/C54H51BN2O/c1-52(2,3)35-23-26-38(27-24-35)57-46-21-15-13-19-39(46)43-30-37(54(7,8)9)31-48-51(43)55(57)44-33-50-42(40-20-14-16-22-49(40)58-50)32-47(44)56(48)45-28-25-36(53(4,5)6)29-41(45)34-17-11-10-12-18-34/h10-33H,1-9H3. The Bertz CT molecular complexity index is 2900. The highest BCUT2D eigenvalue weighted by Crippen LogP contribution is 2.51. The van der Waals surface area contributed by atoms with Crippen LogP contribution in [0.25, 0.3) is 44.2 Å². The van der Waals surface area contributed by atoms with Gasteiger partial charge in [0.1, 0.15) is 11.2 Å². The smallest absolute Gasteiger partial charge is 0.333 e. The van der Waals surface area contributed by atoms with Gasteiger partial charge >= 0.3 is 6.85 Å². The summed E-state index contributed by atoms with van der Waals surface area (Å²) in [6.45, 7) is 20.7. The van der Waals surface area contributed by atoms with Crippen LogP contribution in [0.2, 0.25) is 0 Å². The Morgan fingerprint density at radius 3 is 1.79 bits per heavy atom. The maximum atomic E-state index is 6.73. The molecule has 0 bridgehead atoms. The minimum Gasteiger partial charge on any atom is -0.456 e. The molecule has 0 N–H and O–H groups in total. The Hall–Kier alpha value is -6.00. The highest BCUT2D eigenvalue weighted by molar-refractivity contribution is 6.93. The van der Waals surface area contributed by atoms with Crippen LogP contribution in [0.4, 0.5) is 28.4 Å². The fourth-order valence-electron chi connectivity index (χ4n) is 9.27. The zero-order valence-corrected chi connectivity index (χ0v) is 35.2. The molecule has 10 rings (SSSR count). The molecule has 0 fully saturated rings. The molecule has 0 saturated carbocycles. The van der Waals surface area contributed by atoms with Crippen LogP contribution in [0.3, 0.4) is 0 Å².